The summed E-state index contributed by atoms with van der Waals surface area (Å²) in [5, 5.41) is 3.65. The number of hydrogen-bond acceptors (Lipinski definition) is 1. The Kier molecular flexibility index (Phi) is 10.0. The highest BCUT2D eigenvalue weighted by molar-refractivity contribution is 9.10. The first kappa shape index (κ1) is 18.7. The Bertz CT molecular complexity index is 376. The molecule has 0 saturated heterocycles. The molecule has 1 atom stereocenters. The minimum Gasteiger partial charge on any atom is -0.316 e. The van der Waals surface area contributed by atoms with Gasteiger partial charge in [0.05, 0.1) is 0 Å². The molecule has 120 valence electrons. The van der Waals surface area contributed by atoms with E-state index in [-0.39, 0.29) is 0 Å². The van der Waals surface area contributed by atoms with Crippen LogP contribution in [0.3, 0.4) is 0 Å². The Morgan fingerprint density at radius 3 is 2.57 bits per heavy atom. The third-order valence-corrected chi connectivity index (χ3v) is 4.36. The van der Waals surface area contributed by atoms with Crippen molar-refractivity contribution in [1.82, 2.24) is 5.32 Å². The zero-order valence-electron chi connectivity index (χ0n) is 14.0. The van der Waals surface area contributed by atoms with Crippen molar-refractivity contribution in [3.8, 4) is 0 Å². The van der Waals surface area contributed by atoms with Crippen molar-refractivity contribution < 1.29 is 0 Å². The number of nitrogens with one attached hydrogen (secondary N) is 1. The van der Waals surface area contributed by atoms with Crippen LogP contribution < -0.4 is 5.32 Å². The largest absolute Gasteiger partial charge is 0.316 e. The third-order valence-electron chi connectivity index (χ3n) is 3.86. The number of unbranched alkanes of at least 4 members (excludes halogenated alkanes) is 3. The summed E-state index contributed by atoms with van der Waals surface area (Å²) in [6.45, 7) is 9.11. The van der Waals surface area contributed by atoms with Gasteiger partial charge in [0.15, 0.2) is 0 Å². The van der Waals surface area contributed by atoms with Crippen LogP contribution in [-0.2, 0) is 6.42 Å². The first-order valence-electron chi connectivity index (χ1n) is 8.57. The van der Waals surface area contributed by atoms with Gasteiger partial charge in [0.2, 0.25) is 0 Å². The van der Waals surface area contributed by atoms with Gasteiger partial charge in [0.1, 0.15) is 0 Å². The molecule has 1 aromatic carbocycles. The van der Waals surface area contributed by atoms with Crippen LogP contribution in [0.25, 0.3) is 0 Å². The standard InChI is InChI=1S/C19H32BrN/c1-4-5-6-7-9-18(15-21-14-16(2)3)12-17-10-8-11-19(20)13-17/h8,10-11,13,16,18,21H,4-7,9,12,14-15H2,1-3H3. The number of benzene rings is 1. The molecule has 0 fully saturated rings. The van der Waals surface area contributed by atoms with Gasteiger partial charge in [-0.25, -0.2) is 0 Å². The van der Waals surface area contributed by atoms with Crippen molar-refractivity contribution >= 4 is 15.9 Å². The fourth-order valence-corrected chi connectivity index (χ4v) is 3.16. The smallest absolute Gasteiger partial charge is 0.0177 e. The molecule has 1 N–H and O–H groups in total. The summed E-state index contributed by atoms with van der Waals surface area (Å²) in [5.74, 6) is 1.49. The third kappa shape index (κ3) is 9.31. The van der Waals surface area contributed by atoms with Crippen molar-refractivity contribution in [2.24, 2.45) is 11.8 Å². The summed E-state index contributed by atoms with van der Waals surface area (Å²) in [7, 11) is 0. The Morgan fingerprint density at radius 1 is 1.10 bits per heavy atom. The molecule has 0 aromatic heterocycles. The van der Waals surface area contributed by atoms with E-state index in [1.54, 1.807) is 0 Å². The van der Waals surface area contributed by atoms with E-state index in [9.17, 15) is 0 Å². The SMILES string of the molecule is CCCCCCC(CNCC(C)C)Cc1cccc(Br)c1. The molecule has 1 nitrogen and oxygen atoms in total. The van der Waals surface area contributed by atoms with Crippen LogP contribution in [-0.4, -0.2) is 13.1 Å². The van der Waals surface area contributed by atoms with E-state index in [1.807, 2.05) is 0 Å². The van der Waals surface area contributed by atoms with Gasteiger partial charge in [-0.05, 0) is 55.5 Å². The van der Waals surface area contributed by atoms with Crippen LogP contribution in [0.1, 0.15) is 58.4 Å². The topological polar surface area (TPSA) is 12.0 Å². The number of hydrogen-bond donors (Lipinski definition) is 1. The van der Waals surface area contributed by atoms with E-state index in [0.717, 1.165) is 24.9 Å². The average Bonchev–Trinajstić information content (AvgIpc) is 2.43. The van der Waals surface area contributed by atoms with Gasteiger partial charge in [0.25, 0.3) is 0 Å². The second-order valence-corrected chi connectivity index (χ2v) is 7.52. The molecule has 0 aliphatic carbocycles. The maximum absolute atomic E-state index is 3.65. The monoisotopic (exact) mass is 353 g/mol. The quantitative estimate of drug-likeness (QED) is 0.494. The maximum atomic E-state index is 3.65. The first-order valence-corrected chi connectivity index (χ1v) is 9.36. The van der Waals surface area contributed by atoms with Crippen LogP contribution >= 0.6 is 15.9 Å². The highest BCUT2D eigenvalue weighted by Crippen LogP contribution is 2.19. The molecule has 0 heterocycles. The highest BCUT2D eigenvalue weighted by Gasteiger charge is 2.10. The van der Waals surface area contributed by atoms with Gasteiger partial charge in [-0.3, -0.25) is 0 Å². The molecule has 0 aliphatic rings. The second kappa shape index (κ2) is 11.3. The second-order valence-electron chi connectivity index (χ2n) is 6.60. The summed E-state index contributed by atoms with van der Waals surface area (Å²) in [6, 6.07) is 8.78. The van der Waals surface area contributed by atoms with Gasteiger partial charge < -0.3 is 5.32 Å². The molecule has 1 rings (SSSR count). The molecule has 0 aliphatic heterocycles. The van der Waals surface area contributed by atoms with E-state index < -0.39 is 0 Å². The van der Waals surface area contributed by atoms with E-state index >= 15 is 0 Å². The van der Waals surface area contributed by atoms with Gasteiger partial charge in [-0.2, -0.15) is 0 Å². The zero-order chi connectivity index (χ0) is 15.5. The Balaban J connectivity index is 2.45. The van der Waals surface area contributed by atoms with Gasteiger partial charge in [0, 0.05) is 4.47 Å². The zero-order valence-corrected chi connectivity index (χ0v) is 15.6. The Labute approximate surface area is 140 Å². The van der Waals surface area contributed by atoms with E-state index in [2.05, 4.69) is 66.3 Å². The summed E-state index contributed by atoms with van der Waals surface area (Å²) >= 11 is 3.58. The lowest BCUT2D eigenvalue weighted by molar-refractivity contribution is 0.407. The van der Waals surface area contributed by atoms with Gasteiger partial charge in [-0.15, -0.1) is 0 Å². The lowest BCUT2D eigenvalue weighted by Crippen LogP contribution is -2.27. The Morgan fingerprint density at radius 2 is 1.90 bits per heavy atom. The predicted molar refractivity (Wildman–Crippen MR) is 97.8 cm³/mol. The summed E-state index contributed by atoms with van der Waals surface area (Å²) in [6.07, 6.45) is 7.99. The highest BCUT2D eigenvalue weighted by atomic mass is 79.9. The molecule has 1 unspecified atom stereocenters. The molecule has 0 spiro atoms. The fraction of sp³-hybridized carbons (Fsp3) is 0.684. The molecule has 0 saturated carbocycles. The summed E-state index contributed by atoms with van der Waals surface area (Å²) < 4.78 is 1.19. The number of halogens is 1. The van der Waals surface area contributed by atoms with E-state index in [1.165, 1.54) is 48.6 Å². The van der Waals surface area contributed by atoms with Crippen LogP contribution in [0, 0.1) is 11.8 Å². The van der Waals surface area contributed by atoms with Gasteiger partial charge in [-0.1, -0.05) is 74.5 Å². The molecule has 1 aromatic rings. The minimum atomic E-state index is 0.733. The molecule has 0 amide bonds. The predicted octanol–water partition coefficient (Wildman–Crippen LogP) is 5.82. The van der Waals surface area contributed by atoms with Crippen LogP contribution in [0.5, 0.6) is 0 Å². The van der Waals surface area contributed by atoms with Crippen molar-refractivity contribution in [3.05, 3.63) is 34.3 Å². The Hall–Kier alpha value is -0.340. The van der Waals surface area contributed by atoms with E-state index in [0.29, 0.717) is 0 Å². The molecule has 0 bridgehead atoms. The van der Waals surface area contributed by atoms with Gasteiger partial charge >= 0.3 is 0 Å². The molecule has 2 heteroatoms. The molecule has 0 radical (unpaired) electrons. The first-order chi connectivity index (χ1) is 10.1. The lowest BCUT2D eigenvalue weighted by Gasteiger charge is -2.19. The van der Waals surface area contributed by atoms with Crippen LogP contribution in [0.15, 0.2) is 28.7 Å². The van der Waals surface area contributed by atoms with Crippen LogP contribution in [0.2, 0.25) is 0 Å². The fourth-order valence-electron chi connectivity index (χ4n) is 2.71. The normalized spacial score (nSPS) is 12.8. The molecule has 21 heavy (non-hydrogen) atoms. The molecular formula is C19H32BrN. The minimum absolute atomic E-state index is 0.733. The van der Waals surface area contributed by atoms with Crippen molar-refractivity contribution in [2.45, 2.75) is 59.3 Å². The maximum Gasteiger partial charge on any atom is 0.0177 e. The molecular weight excluding hydrogens is 322 g/mol. The lowest BCUT2D eigenvalue weighted by atomic mass is 9.93. The average molecular weight is 354 g/mol. The van der Waals surface area contributed by atoms with Crippen molar-refractivity contribution in [3.63, 3.8) is 0 Å². The number of rotatable bonds is 11. The summed E-state index contributed by atoms with van der Waals surface area (Å²) in [4.78, 5) is 0. The summed E-state index contributed by atoms with van der Waals surface area (Å²) in [5.41, 5.74) is 1.45. The van der Waals surface area contributed by atoms with Crippen molar-refractivity contribution in [1.29, 1.82) is 0 Å². The van der Waals surface area contributed by atoms with Crippen molar-refractivity contribution in [2.75, 3.05) is 13.1 Å². The van der Waals surface area contributed by atoms with E-state index in [4.69, 9.17) is 0 Å². The van der Waals surface area contributed by atoms with Crippen LogP contribution in [0.4, 0.5) is 0 Å².